The molecule has 2 aliphatic heterocycles. The van der Waals surface area contributed by atoms with Crippen molar-refractivity contribution >= 4 is 30.1 Å². The highest BCUT2D eigenvalue weighted by Gasteiger charge is 2.34. The van der Waals surface area contributed by atoms with Crippen molar-refractivity contribution in [3.63, 3.8) is 0 Å². The molecule has 3 heterocycles. The third-order valence-electron chi connectivity index (χ3n) is 3.55. The van der Waals surface area contributed by atoms with Crippen LogP contribution in [-0.2, 0) is 6.54 Å². The van der Waals surface area contributed by atoms with E-state index in [1.165, 1.54) is 11.8 Å². The number of rotatable bonds is 2. The zero-order valence-corrected chi connectivity index (χ0v) is 12.4. The smallest absolute Gasteiger partial charge is 0.258 e. The maximum Gasteiger partial charge on any atom is 0.258 e. The van der Waals surface area contributed by atoms with Gasteiger partial charge in [-0.15, -0.1) is 12.4 Å². The lowest BCUT2D eigenvalue weighted by Crippen LogP contribution is -2.46. The maximum atomic E-state index is 12.3. The Labute approximate surface area is 123 Å². The summed E-state index contributed by atoms with van der Waals surface area (Å²) in [4.78, 5) is 22.9. The molecule has 1 saturated heterocycles. The molecule has 104 valence electrons. The van der Waals surface area contributed by atoms with E-state index in [2.05, 4.69) is 15.3 Å². The van der Waals surface area contributed by atoms with Crippen LogP contribution in [0.1, 0.15) is 28.9 Å². The molecule has 0 bridgehead atoms. The predicted molar refractivity (Wildman–Crippen MR) is 76.8 cm³/mol. The molecule has 1 aromatic rings. The Morgan fingerprint density at radius 2 is 2.37 bits per heavy atom. The number of thioether (sulfide) groups is 1. The van der Waals surface area contributed by atoms with Gasteiger partial charge >= 0.3 is 0 Å². The van der Waals surface area contributed by atoms with Crippen LogP contribution in [0.5, 0.6) is 0 Å². The first-order valence-electron chi connectivity index (χ1n) is 6.21. The standard InChI is InChI=1S/C12H16N4OS.ClH/c1-18-12-14-6-9-10(15-12)7-16(11(9)17)8-3-2-4-13-5-8;/h6,8,13H,2-5,7H2,1H3;1H/t8-;/m0./s1. The SMILES string of the molecule is CSc1ncc2c(n1)CN([C@H]1CCCNC1)C2=O.Cl. The van der Waals surface area contributed by atoms with Gasteiger partial charge in [-0.1, -0.05) is 11.8 Å². The Morgan fingerprint density at radius 3 is 3.05 bits per heavy atom. The molecular weight excluding hydrogens is 284 g/mol. The Kier molecular flexibility index (Phi) is 4.65. The van der Waals surface area contributed by atoms with Crippen LogP contribution in [0, 0.1) is 0 Å². The average Bonchev–Trinajstić information content (AvgIpc) is 2.76. The molecule has 0 unspecified atom stereocenters. The summed E-state index contributed by atoms with van der Waals surface area (Å²) in [7, 11) is 0. The number of nitrogens with one attached hydrogen (secondary N) is 1. The van der Waals surface area contributed by atoms with Crippen molar-refractivity contribution in [2.24, 2.45) is 0 Å². The fraction of sp³-hybridized carbons (Fsp3) is 0.583. The fourth-order valence-corrected chi connectivity index (χ4v) is 2.94. The summed E-state index contributed by atoms with van der Waals surface area (Å²) in [5, 5.41) is 4.09. The maximum absolute atomic E-state index is 12.3. The number of aromatic nitrogens is 2. The topological polar surface area (TPSA) is 58.1 Å². The van der Waals surface area contributed by atoms with Gasteiger partial charge < -0.3 is 10.2 Å². The molecular formula is C12H17ClN4OS. The number of nitrogens with zero attached hydrogens (tertiary/aromatic N) is 3. The number of carbonyl (C=O) groups is 1. The Hall–Kier alpha value is -0.850. The summed E-state index contributed by atoms with van der Waals surface area (Å²) in [6.07, 6.45) is 5.83. The molecule has 0 spiro atoms. The van der Waals surface area contributed by atoms with E-state index < -0.39 is 0 Å². The van der Waals surface area contributed by atoms with E-state index in [9.17, 15) is 4.79 Å². The molecule has 1 aromatic heterocycles. The lowest BCUT2D eigenvalue weighted by Gasteiger charge is -2.31. The molecule has 2 aliphatic rings. The molecule has 1 atom stereocenters. The van der Waals surface area contributed by atoms with Crippen LogP contribution in [0.2, 0.25) is 0 Å². The highest BCUT2D eigenvalue weighted by molar-refractivity contribution is 7.98. The first-order valence-corrected chi connectivity index (χ1v) is 7.43. The number of piperidine rings is 1. The predicted octanol–water partition coefficient (Wildman–Crippen LogP) is 1.33. The second kappa shape index (κ2) is 6.07. The van der Waals surface area contributed by atoms with Crippen molar-refractivity contribution in [1.82, 2.24) is 20.2 Å². The number of halogens is 1. The van der Waals surface area contributed by atoms with Gasteiger partial charge in [0.25, 0.3) is 5.91 Å². The van der Waals surface area contributed by atoms with E-state index in [0.29, 0.717) is 18.2 Å². The Balaban J connectivity index is 0.00000133. The summed E-state index contributed by atoms with van der Waals surface area (Å²) in [6, 6.07) is 0.304. The van der Waals surface area contributed by atoms with Gasteiger partial charge in [0.15, 0.2) is 5.16 Å². The molecule has 19 heavy (non-hydrogen) atoms. The van der Waals surface area contributed by atoms with Gasteiger partial charge in [0.2, 0.25) is 0 Å². The van der Waals surface area contributed by atoms with Gasteiger partial charge in [0.05, 0.1) is 17.8 Å². The van der Waals surface area contributed by atoms with E-state index in [1.54, 1.807) is 6.20 Å². The quantitative estimate of drug-likeness (QED) is 0.659. The minimum absolute atomic E-state index is 0. The third kappa shape index (κ3) is 2.70. The summed E-state index contributed by atoms with van der Waals surface area (Å²) in [6.45, 7) is 2.58. The number of fused-ring (bicyclic) bond motifs is 1. The fourth-order valence-electron chi connectivity index (χ4n) is 2.58. The van der Waals surface area contributed by atoms with Crippen molar-refractivity contribution < 1.29 is 4.79 Å². The van der Waals surface area contributed by atoms with Crippen molar-refractivity contribution in [1.29, 1.82) is 0 Å². The highest BCUT2D eigenvalue weighted by Crippen LogP contribution is 2.26. The van der Waals surface area contributed by atoms with E-state index in [0.717, 1.165) is 36.8 Å². The van der Waals surface area contributed by atoms with Gasteiger partial charge in [-0.3, -0.25) is 4.79 Å². The summed E-state index contributed by atoms with van der Waals surface area (Å²) in [5.74, 6) is 0.0892. The Morgan fingerprint density at radius 1 is 1.53 bits per heavy atom. The first-order chi connectivity index (χ1) is 8.79. The third-order valence-corrected chi connectivity index (χ3v) is 4.11. The van der Waals surface area contributed by atoms with E-state index in [4.69, 9.17) is 0 Å². The van der Waals surface area contributed by atoms with Gasteiger partial charge in [-0.25, -0.2) is 9.97 Å². The molecule has 1 fully saturated rings. The summed E-state index contributed by atoms with van der Waals surface area (Å²) in [5.41, 5.74) is 1.56. The van der Waals surface area contributed by atoms with E-state index in [1.807, 2.05) is 11.2 Å². The zero-order valence-electron chi connectivity index (χ0n) is 10.8. The number of hydrogen-bond acceptors (Lipinski definition) is 5. The summed E-state index contributed by atoms with van der Waals surface area (Å²) < 4.78 is 0. The minimum Gasteiger partial charge on any atom is -0.328 e. The second-order valence-corrected chi connectivity index (χ2v) is 5.42. The molecule has 7 heteroatoms. The molecule has 0 saturated carbocycles. The lowest BCUT2D eigenvalue weighted by atomic mass is 10.1. The van der Waals surface area contributed by atoms with Crippen molar-refractivity contribution in [3.05, 3.63) is 17.5 Å². The molecule has 0 aromatic carbocycles. The summed E-state index contributed by atoms with van der Waals surface area (Å²) >= 11 is 1.51. The van der Waals surface area contributed by atoms with Crippen LogP contribution in [0.3, 0.4) is 0 Å². The van der Waals surface area contributed by atoms with E-state index >= 15 is 0 Å². The molecule has 0 aliphatic carbocycles. The van der Waals surface area contributed by atoms with Crippen molar-refractivity contribution in [3.8, 4) is 0 Å². The lowest BCUT2D eigenvalue weighted by molar-refractivity contribution is 0.0673. The zero-order chi connectivity index (χ0) is 12.5. The molecule has 0 radical (unpaired) electrons. The highest BCUT2D eigenvalue weighted by atomic mass is 35.5. The number of amides is 1. The molecule has 1 N–H and O–H groups in total. The molecule has 1 amide bonds. The van der Waals surface area contributed by atoms with Crippen LogP contribution >= 0.6 is 24.2 Å². The van der Waals surface area contributed by atoms with Crippen LogP contribution < -0.4 is 5.32 Å². The number of carbonyl (C=O) groups excluding carboxylic acids is 1. The van der Waals surface area contributed by atoms with Gasteiger partial charge in [-0.2, -0.15) is 0 Å². The minimum atomic E-state index is 0. The normalized spacial score (nSPS) is 22.1. The van der Waals surface area contributed by atoms with Crippen LogP contribution in [0.4, 0.5) is 0 Å². The average molecular weight is 301 g/mol. The van der Waals surface area contributed by atoms with Crippen LogP contribution in [0.15, 0.2) is 11.4 Å². The second-order valence-electron chi connectivity index (χ2n) is 4.65. The first kappa shape index (κ1) is 14.6. The van der Waals surface area contributed by atoms with Crippen molar-refractivity contribution in [2.45, 2.75) is 30.6 Å². The molecule has 3 rings (SSSR count). The van der Waals surface area contributed by atoms with Gasteiger partial charge in [0.1, 0.15) is 0 Å². The van der Waals surface area contributed by atoms with Crippen LogP contribution in [-0.4, -0.2) is 46.2 Å². The number of hydrogen-bond donors (Lipinski definition) is 1. The molecule has 5 nitrogen and oxygen atoms in total. The Bertz CT molecular complexity index is 479. The van der Waals surface area contributed by atoms with Crippen LogP contribution in [0.25, 0.3) is 0 Å². The van der Waals surface area contributed by atoms with Gasteiger partial charge in [0, 0.05) is 18.8 Å². The monoisotopic (exact) mass is 300 g/mol. The van der Waals surface area contributed by atoms with Gasteiger partial charge in [-0.05, 0) is 25.6 Å². The largest absolute Gasteiger partial charge is 0.328 e. The van der Waals surface area contributed by atoms with Crippen molar-refractivity contribution in [2.75, 3.05) is 19.3 Å². The van der Waals surface area contributed by atoms with E-state index in [-0.39, 0.29) is 18.3 Å².